The maximum atomic E-state index is 13.8. The van der Waals surface area contributed by atoms with Crippen molar-refractivity contribution in [3.8, 4) is 17.1 Å². The van der Waals surface area contributed by atoms with Crippen LogP contribution in [0.25, 0.3) is 11.3 Å². The largest absolute Gasteiger partial charge is 0.477 e. The number of hydrogen-bond donors (Lipinski definition) is 1. The fraction of sp³-hybridized carbons (Fsp3) is 0.469. The van der Waals surface area contributed by atoms with Gasteiger partial charge in [0, 0.05) is 41.5 Å². The normalized spacial score (nSPS) is 21.2. The number of anilines is 1. The number of pyridine rings is 2. The minimum absolute atomic E-state index is 0.0207. The summed E-state index contributed by atoms with van der Waals surface area (Å²) >= 11 is 1.31. The van der Waals surface area contributed by atoms with E-state index in [4.69, 9.17) is 9.72 Å². The first kappa shape index (κ1) is 31.1. The molecule has 1 amide bonds. The number of carbonyl (C=O) groups excluding carboxylic acids is 1. The average molecular weight is 614 g/mol. The third-order valence-corrected chi connectivity index (χ3v) is 9.45. The highest BCUT2D eigenvalue weighted by atomic mass is 32.2. The summed E-state index contributed by atoms with van der Waals surface area (Å²) in [5.74, 6) is 0.224. The maximum absolute atomic E-state index is 13.8. The number of alkyl halides is 3. The van der Waals surface area contributed by atoms with E-state index in [2.05, 4.69) is 27.0 Å². The van der Waals surface area contributed by atoms with E-state index in [1.807, 2.05) is 38.2 Å². The van der Waals surface area contributed by atoms with Crippen LogP contribution in [-0.4, -0.2) is 71.4 Å². The lowest BCUT2D eigenvalue weighted by Crippen LogP contribution is -2.45. The molecule has 0 spiro atoms. The van der Waals surface area contributed by atoms with Gasteiger partial charge in [0.05, 0.1) is 29.1 Å². The standard InChI is InChI=1S/C32H38F3N5O2S/c1-4-22-19-23(43-28-11-7-6-10-25(28)32(33,34)35)15-18-40(22)27-13-12-26(24-9-8-16-36-31(24)42-5-2)38-29(27)30(41)37-21-14-17-39(3)20-21/h6-13,16,21-23H,4-5,14-15,17-20H2,1-3H3,(H,37,41)/t21-,22-,23+/m1/s1. The number of thioether (sulfide) groups is 1. The van der Waals surface area contributed by atoms with Gasteiger partial charge in [-0.15, -0.1) is 11.8 Å². The summed E-state index contributed by atoms with van der Waals surface area (Å²) in [6, 6.07) is 13.4. The van der Waals surface area contributed by atoms with Gasteiger partial charge in [0.25, 0.3) is 5.91 Å². The second kappa shape index (κ2) is 13.5. The van der Waals surface area contributed by atoms with Crippen molar-refractivity contribution in [2.24, 2.45) is 0 Å². The number of ether oxygens (including phenoxy) is 1. The van der Waals surface area contributed by atoms with E-state index in [1.165, 1.54) is 17.8 Å². The minimum Gasteiger partial charge on any atom is -0.477 e. The van der Waals surface area contributed by atoms with E-state index < -0.39 is 11.7 Å². The Labute approximate surface area is 255 Å². The Bertz CT molecular complexity index is 1420. The molecule has 230 valence electrons. The smallest absolute Gasteiger partial charge is 0.417 e. The summed E-state index contributed by atoms with van der Waals surface area (Å²) in [4.78, 5) is 27.7. The lowest BCUT2D eigenvalue weighted by molar-refractivity contribution is -0.139. The molecule has 43 heavy (non-hydrogen) atoms. The number of nitrogens with zero attached hydrogens (tertiary/aromatic N) is 4. The zero-order valence-electron chi connectivity index (χ0n) is 24.7. The van der Waals surface area contributed by atoms with E-state index in [0.29, 0.717) is 48.8 Å². The summed E-state index contributed by atoms with van der Waals surface area (Å²) in [7, 11) is 2.04. The van der Waals surface area contributed by atoms with Crippen LogP contribution in [0.2, 0.25) is 0 Å². The fourth-order valence-electron chi connectivity index (χ4n) is 5.95. The summed E-state index contributed by atoms with van der Waals surface area (Å²) in [5.41, 5.74) is 1.78. The Kier molecular flexibility index (Phi) is 9.81. The van der Waals surface area contributed by atoms with Crippen LogP contribution in [0.5, 0.6) is 5.88 Å². The zero-order valence-corrected chi connectivity index (χ0v) is 25.5. The molecule has 3 atom stereocenters. The van der Waals surface area contributed by atoms with Crippen LogP contribution in [0.4, 0.5) is 18.9 Å². The molecule has 0 saturated carbocycles. The van der Waals surface area contributed by atoms with Gasteiger partial charge in [-0.3, -0.25) is 4.79 Å². The van der Waals surface area contributed by atoms with Gasteiger partial charge < -0.3 is 19.9 Å². The highest BCUT2D eigenvalue weighted by Gasteiger charge is 2.36. The van der Waals surface area contributed by atoms with Crippen molar-refractivity contribution in [3.63, 3.8) is 0 Å². The van der Waals surface area contributed by atoms with E-state index in [-0.39, 0.29) is 28.1 Å². The summed E-state index contributed by atoms with van der Waals surface area (Å²) < 4.78 is 46.7. The molecule has 11 heteroatoms. The number of nitrogens with one attached hydrogen (secondary N) is 1. The van der Waals surface area contributed by atoms with Crippen LogP contribution in [-0.2, 0) is 6.18 Å². The first-order valence-electron chi connectivity index (χ1n) is 14.9. The molecular formula is C32H38F3N5O2S. The molecule has 0 bridgehead atoms. The Hall–Kier alpha value is -3.31. The summed E-state index contributed by atoms with van der Waals surface area (Å²) in [6.07, 6.45) is 0.295. The Balaban J connectivity index is 1.44. The minimum atomic E-state index is -4.39. The number of hydrogen-bond acceptors (Lipinski definition) is 7. The van der Waals surface area contributed by atoms with Crippen LogP contribution in [0, 0.1) is 0 Å². The molecule has 2 aromatic heterocycles. The Morgan fingerprint density at radius 2 is 1.91 bits per heavy atom. The zero-order chi connectivity index (χ0) is 30.6. The van der Waals surface area contributed by atoms with Crippen molar-refractivity contribution in [3.05, 3.63) is 66.0 Å². The SMILES string of the molecule is CCOc1ncccc1-c1ccc(N2CC[C@H](Sc3ccccc3C(F)(F)F)C[C@H]2CC)c(C(=O)N[C@@H]2CCN(C)C2)n1. The van der Waals surface area contributed by atoms with Gasteiger partial charge in [0.15, 0.2) is 5.69 Å². The third kappa shape index (κ3) is 7.26. The van der Waals surface area contributed by atoms with Crippen LogP contribution in [0.1, 0.15) is 55.6 Å². The van der Waals surface area contributed by atoms with Crippen LogP contribution >= 0.6 is 11.8 Å². The Morgan fingerprint density at radius 1 is 1.09 bits per heavy atom. The second-order valence-corrected chi connectivity index (χ2v) is 12.4. The number of rotatable bonds is 9. The van der Waals surface area contributed by atoms with Gasteiger partial charge in [-0.25, -0.2) is 9.97 Å². The highest BCUT2D eigenvalue weighted by molar-refractivity contribution is 8.00. The van der Waals surface area contributed by atoms with Gasteiger partial charge in [0.1, 0.15) is 0 Å². The predicted molar refractivity (Wildman–Crippen MR) is 164 cm³/mol. The lowest BCUT2D eigenvalue weighted by Gasteiger charge is -2.41. The second-order valence-electron chi connectivity index (χ2n) is 11.1. The van der Waals surface area contributed by atoms with Gasteiger partial charge in [-0.05, 0) is 82.6 Å². The predicted octanol–water partition coefficient (Wildman–Crippen LogP) is 6.53. The molecule has 3 aromatic rings. The van der Waals surface area contributed by atoms with Crippen molar-refractivity contribution in [2.45, 2.75) is 67.9 Å². The number of likely N-dealkylation sites (tertiary alicyclic amines) is 1. The van der Waals surface area contributed by atoms with Gasteiger partial charge >= 0.3 is 6.18 Å². The third-order valence-electron chi connectivity index (χ3n) is 8.08. The van der Waals surface area contributed by atoms with Gasteiger partial charge in [-0.2, -0.15) is 13.2 Å². The molecule has 2 aliphatic rings. The molecule has 5 rings (SSSR count). The molecule has 0 radical (unpaired) electrons. The molecule has 0 aliphatic carbocycles. The van der Waals surface area contributed by atoms with Gasteiger partial charge in [0.2, 0.25) is 5.88 Å². The molecule has 2 aliphatic heterocycles. The van der Waals surface area contributed by atoms with Crippen molar-refractivity contribution in [1.29, 1.82) is 0 Å². The quantitative estimate of drug-likeness (QED) is 0.294. The number of amides is 1. The number of aromatic nitrogens is 2. The monoisotopic (exact) mass is 613 g/mol. The van der Waals surface area contributed by atoms with Gasteiger partial charge in [-0.1, -0.05) is 19.1 Å². The van der Waals surface area contributed by atoms with Crippen LogP contribution < -0.4 is 15.0 Å². The van der Waals surface area contributed by atoms with E-state index >= 15 is 0 Å². The molecule has 0 unspecified atom stereocenters. The number of likely N-dealkylation sites (N-methyl/N-ethyl adjacent to an activating group) is 1. The molecule has 2 saturated heterocycles. The molecule has 1 N–H and O–H groups in total. The lowest BCUT2D eigenvalue weighted by atomic mass is 9.98. The first-order chi connectivity index (χ1) is 20.7. The topological polar surface area (TPSA) is 70.6 Å². The molecule has 1 aromatic carbocycles. The fourth-order valence-corrected chi connectivity index (χ4v) is 7.32. The van der Waals surface area contributed by atoms with Crippen molar-refractivity contribution in [1.82, 2.24) is 20.2 Å². The molecule has 4 heterocycles. The van der Waals surface area contributed by atoms with E-state index in [1.54, 1.807) is 18.3 Å². The number of benzene rings is 1. The number of carbonyl (C=O) groups is 1. The highest BCUT2D eigenvalue weighted by Crippen LogP contribution is 2.42. The number of piperidine rings is 1. The first-order valence-corrected chi connectivity index (χ1v) is 15.7. The van der Waals surface area contributed by atoms with E-state index in [9.17, 15) is 18.0 Å². The van der Waals surface area contributed by atoms with Crippen molar-refractivity contribution >= 4 is 23.4 Å². The molecule has 7 nitrogen and oxygen atoms in total. The Morgan fingerprint density at radius 3 is 2.63 bits per heavy atom. The molecular weight excluding hydrogens is 575 g/mol. The van der Waals surface area contributed by atoms with Crippen molar-refractivity contribution < 1.29 is 22.7 Å². The van der Waals surface area contributed by atoms with Crippen molar-refractivity contribution in [2.75, 3.05) is 38.2 Å². The summed E-state index contributed by atoms with van der Waals surface area (Å²) in [5, 5.41) is 3.21. The van der Waals surface area contributed by atoms with Crippen LogP contribution in [0.15, 0.2) is 59.6 Å². The molecule has 2 fully saturated rings. The average Bonchev–Trinajstić information content (AvgIpc) is 3.41. The summed E-state index contributed by atoms with van der Waals surface area (Å²) in [6.45, 7) is 6.71. The number of halogens is 3. The van der Waals surface area contributed by atoms with E-state index in [0.717, 1.165) is 37.7 Å². The maximum Gasteiger partial charge on any atom is 0.417 e. The van der Waals surface area contributed by atoms with Crippen LogP contribution in [0.3, 0.4) is 0 Å².